The molecule has 2 aromatic heterocycles. The molecule has 5 heteroatoms. The zero-order chi connectivity index (χ0) is 13.4. The first kappa shape index (κ1) is 12.0. The normalized spacial score (nSPS) is 10.8. The molecule has 3 rings (SSSR count). The molecule has 0 spiro atoms. The number of hydrogen-bond donors (Lipinski definition) is 0. The maximum atomic E-state index is 12.0. The van der Waals surface area contributed by atoms with Gasteiger partial charge < -0.3 is 4.42 Å². The lowest BCUT2D eigenvalue weighted by atomic mass is 10.1. The zero-order valence-corrected chi connectivity index (χ0v) is 11.6. The van der Waals surface area contributed by atoms with Crippen molar-refractivity contribution in [3.63, 3.8) is 0 Å². The van der Waals surface area contributed by atoms with E-state index in [9.17, 15) is 4.79 Å². The Hall–Kier alpha value is -2.01. The third kappa shape index (κ3) is 2.29. The molecule has 0 atom stereocenters. The number of aryl methyl sites for hydroxylation is 1. The predicted molar refractivity (Wildman–Crippen MR) is 75.9 cm³/mol. The summed E-state index contributed by atoms with van der Waals surface area (Å²) in [4.78, 5) is 12.0. The van der Waals surface area contributed by atoms with Gasteiger partial charge in [-0.05, 0) is 52.7 Å². The van der Waals surface area contributed by atoms with Crippen molar-refractivity contribution in [1.82, 2.24) is 10.2 Å². The Balaban J connectivity index is 2.24. The highest BCUT2D eigenvalue weighted by Crippen LogP contribution is 2.20. The largest absolute Gasteiger partial charge is 0.422 e. The van der Waals surface area contributed by atoms with E-state index in [1.54, 1.807) is 18.2 Å². The highest BCUT2D eigenvalue weighted by atomic mass is 79.9. The summed E-state index contributed by atoms with van der Waals surface area (Å²) >= 11 is 3.21. The second-order valence-corrected chi connectivity index (χ2v) is 5.04. The molecule has 0 radical (unpaired) electrons. The average Bonchev–Trinajstić information content (AvgIpc) is 2.39. The molecular formula is C14H9BrN2O2. The Labute approximate surface area is 117 Å². The lowest BCUT2D eigenvalue weighted by molar-refractivity contribution is 0.562. The van der Waals surface area contributed by atoms with E-state index in [4.69, 9.17) is 4.42 Å². The summed E-state index contributed by atoms with van der Waals surface area (Å²) in [5.74, 6) is 0. The molecule has 1 aromatic carbocycles. The summed E-state index contributed by atoms with van der Waals surface area (Å²) in [6, 6.07) is 11.0. The van der Waals surface area contributed by atoms with E-state index in [0.29, 0.717) is 21.4 Å². The van der Waals surface area contributed by atoms with Crippen molar-refractivity contribution in [2.45, 2.75) is 6.92 Å². The minimum atomic E-state index is -0.408. The highest BCUT2D eigenvalue weighted by molar-refractivity contribution is 9.10. The van der Waals surface area contributed by atoms with Gasteiger partial charge >= 0.3 is 5.63 Å². The second-order valence-electron chi connectivity index (χ2n) is 4.23. The number of aromatic nitrogens is 2. The predicted octanol–water partition coefficient (Wildman–Crippen LogP) is 3.32. The molecule has 3 aromatic rings. The molecule has 0 aliphatic rings. The van der Waals surface area contributed by atoms with Crippen molar-refractivity contribution in [3.05, 3.63) is 57.0 Å². The first-order valence-corrected chi connectivity index (χ1v) is 6.47. The topological polar surface area (TPSA) is 56.0 Å². The second kappa shape index (κ2) is 4.59. The number of fused-ring (bicyclic) bond motifs is 1. The van der Waals surface area contributed by atoms with Crippen LogP contribution in [-0.2, 0) is 0 Å². The molecule has 0 N–H and O–H groups in total. The van der Waals surface area contributed by atoms with Gasteiger partial charge in [-0.15, -0.1) is 10.2 Å². The minimum absolute atomic E-state index is 0.408. The van der Waals surface area contributed by atoms with Gasteiger partial charge in [-0.1, -0.05) is 12.1 Å². The number of hydrogen-bond acceptors (Lipinski definition) is 4. The fourth-order valence-electron chi connectivity index (χ4n) is 1.86. The Morgan fingerprint density at radius 1 is 1.11 bits per heavy atom. The lowest BCUT2D eigenvalue weighted by Gasteiger charge is -2.02. The van der Waals surface area contributed by atoms with Crippen LogP contribution in [0, 0.1) is 6.92 Å². The molecule has 0 fully saturated rings. The summed E-state index contributed by atoms with van der Waals surface area (Å²) in [6.07, 6.45) is 0. The van der Waals surface area contributed by atoms with Gasteiger partial charge in [0.05, 0.1) is 5.56 Å². The summed E-state index contributed by atoms with van der Waals surface area (Å²) < 4.78 is 5.95. The molecule has 0 aliphatic heterocycles. The molecule has 0 amide bonds. The summed E-state index contributed by atoms with van der Waals surface area (Å²) in [6.45, 7) is 1.95. The number of rotatable bonds is 1. The third-order valence-corrected chi connectivity index (χ3v) is 3.22. The molecule has 2 heterocycles. The van der Waals surface area contributed by atoms with Gasteiger partial charge in [0.25, 0.3) is 0 Å². The Bertz CT molecular complexity index is 810. The standard InChI is InChI=1S/C14H9BrN2O2/c1-8-2-3-9-7-10(14(18)19-12(9)6-8)11-4-5-13(15)17-16-11/h2-7H,1H3. The summed E-state index contributed by atoms with van der Waals surface area (Å²) in [7, 11) is 0. The van der Waals surface area contributed by atoms with Crippen LogP contribution in [0.3, 0.4) is 0 Å². The molecule has 0 aliphatic carbocycles. The van der Waals surface area contributed by atoms with Gasteiger partial charge in [-0.2, -0.15) is 0 Å². The summed E-state index contributed by atoms with van der Waals surface area (Å²) in [5.41, 5.74) is 2.14. The fraction of sp³-hybridized carbons (Fsp3) is 0.0714. The van der Waals surface area contributed by atoms with Crippen molar-refractivity contribution in [3.8, 4) is 11.3 Å². The van der Waals surface area contributed by atoms with Crippen LogP contribution >= 0.6 is 15.9 Å². The number of benzene rings is 1. The Morgan fingerprint density at radius 2 is 1.95 bits per heavy atom. The van der Waals surface area contributed by atoms with Crippen LogP contribution in [0.4, 0.5) is 0 Å². The number of halogens is 1. The van der Waals surface area contributed by atoms with E-state index >= 15 is 0 Å². The van der Waals surface area contributed by atoms with Crippen molar-refractivity contribution in [2.75, 3.05) is 0 Å². The monoisotopic (exact) mass is 316 g/mol. The Morgan fingerprint density at radius 3 is 2.68 bits per heavy atom. The van der Waals surface area contributed by atoms with Crippen molar-refractivity contribution in [2.24, 2.45) is 0 Å². The van der Waals surface area contributed by atoms with Crippen molar-refractivity contribution in [1.29, 1.82) is 0 Å². The van der Waals surface area contributed by atoms with Gasteiger partial charge in [0.1, 0.15) is 15.9 Å². The van der Waals surface area contributed by atoms with Crippen LogP contribution in [0.25, 0.3) is 22.2 Å². The molecule has 0 bridgehead atoms. The van der Waals surface area contributed by atoms with Crippen molar-refractivity contribution < 1.29 is 4.42 Å². The smallest absolute Gasteiger partial charge is 0.345 e. The van der Waals surface area contributed by atoms with Gasteiger partial charge in [0.15, 0.2) is 0 Å². The van der Waals surface area contributed by atoms with E-state index in [1.165, 1.54) is 0 Å². The van der Waals surface area contributed by atoms with Crippen LogP contribution in [0.5, 0.6) is 0 Å². The molecule has 4 nitrogen and oxygen atoms in total. The fourth-order valence-corrected chi connectivity index (χ4v) is 2.07. The molecular weight excluding hydrogens is 308 g/mol. The quantitative estimate of drug-likeness (QED) is 0.646. The van der Waals surface area contributed by atoms with Crippen LogP contribution in [-0.4, -0.2) is 10.2 Å². The SMILES string of the molecule is Cc1ccc2cc(-c3ccc(Br)nn3)c(=O)oc2c1. The van der Waals surface area contributed by atoms with E-state index in [1.807, 2.05) is 25.1 Å². The van der Waals surface area contributed by atoms with Crippen LogP contribution in [0.15, 0.2) is 50.2 Å². The molecule has 0 saturated heterocycles. The van der Waals surface area contributed by atoms with E-state index in [0.717, 1.165) is 10.9 Å². The van der Waals surface area contributed by atoms with Crippen LogP contribution in [0.2, 0.25) is 0 Å². The van der Waals surface area contributed by atoms with Crippen LogP contribution in [0.1, 0.15) is 5.56 Å². The van der Waals surface area contributed by atoms with Crippen molar-refractivity contribution >= 4 is 26.9 Å². The molecule has 19 heavy (non-hydrogen) atoms. The van der Waals surface area contributed by atoms with Gasteiger partial charge in [-0.25, -0.2) is 4.79 Å². The maximum absolute atomic E-state index is 12.0. The first-order valence-electron chi connectivity index (χ1n) is 5.67. The van der Waals surface area contributed by atoms with E-state index in [2.05, 4.69) is 26.1 Å². The van der Waals surface area contributed by atoms with Crippen LogP contribution < -0.4 is 5.63 Å². The summed E-state index contributed by atoms with van der Waals surface area (Å²) in [5, 5.41) is 8.72. The molecule has 94 valence electrons. The zero-order valence-electron chi connectivity index (χ0n) is 10.1. The van der Waals surface area contributed by atoms with Gasteiger partial charge in [0.2, 0.25) is 0 Å². The molecule has 0 unspecified atom stereocenters. The third-order valence-electron chi connectivity index (χ3n) is 2.80. The van der Waals surface area contributed by atoms with Gasteiger partial charge in [0, 0.05) is 5.39 Å². The number of nitrogens with zero attached hydrogens (tertiary/aromatic N) is 2. The average molecular weight is 317 g/mol. The lowest BCUT2D eigenvalue weighted by Crippen LogP contribution is -2.04. The molecule has 0 saturated carbocycles. The van der Waals surface area contributed by atoms with Gasteiger partial charge in [-0.3, -0.25) is 0 Å². The van der Waals surface area contributed by atoms with E-state index in [-0.39, 0.29) is 0 Å². The highest BCUT2D eigenvalue weighted by Gasteiger charge is 2.09. The van der Waals surface area contributed by atoms with E-state index < -0.39 is 5.63 Å². The minimum Gasteiger partial charge on any atom is -0.422 e. The first-order chi connectivity index (χ1) is 9.13. The Kier molecular flexibility index (Phi) is 2.91. The maximum Gasteiger partial charge on any atom is 0.345 e.